The minimum Gasteiger partial charge on any atom is -0.305 e. The van der Waals surface area contributed by atoms with E-state index in [1.807, 2.05) is 292 Å². The molecule has 17 nitrogen and oxygen atoms in total. The van der Waals surface area contributed by atoms with E-state index in [9.17, 15) is 0 Å². The predicted molar refractivity (Wildman–Crippen MR) is 414 cm³/mol. The van der Waals surface area contributed by atoms with Crippen LogP contribution in [0.4, 0.5) is 0 Å². The first-order valence-corrected chi connectivity index (χ1v) is 34.0. The third-order valence-corrected chi connectivity index (χ3v) is 17.2. The van der Waals surface area contributed by atoms with Crippen molar-refractivity contribution >= 4 is 21.5 Å². The topological polar surface area (TPSA) is 187 Å². The molecular weight excluding hydrogens is 2080 g/mol. The molecule has 0 atom stereocenters. The molecule has 0 aliphatic rings. The van der Waals surface area contributed by atoms with Crippen molar-refractivity contribution in [2.45, 2.75) is 0 Å². The van der Waals surface area contributed by atoms with Gasteiger partial charge in [-0.05, 0) is 96.9 Å². The molecule has 4 radical (unpaired) electrons. The third kappa shape index (κ3) is 18.6. The number of hydrogen-bond acceptors (Lipinski definition) is 13. The van der Waals surface area contributed by atoms with E-state index in [1.165, 1.54) is 0 Å². The summed E-state index contributed by atoms with van der Waals surface area (Å²) in [7, 11) is 0. The van der Waals surface area contributed by atoms with Crippen molar-refractivity contribution < 1.29 is 80.4 Å². The maximum atomic E-state index is 4.59. The Labute approximate surface area is 688 Å². The van der Waals surface area contributed by atoms with Crippen LogP contribution in [0, 0.1) is 24.3 Å². The van der Waals surface area contributed by atoms with E-state index in [2.05, 4.69) is 139 Å². The molecule has 0 amide bonds. The number of aromatic nitrogens is 17. The Morgan fingerprint density at radius 3 is 1.06 bits per heavy atom. The van der Waals surface area contributed by atoms with Crippen LogP contribution in [0.15, 0.2) is 359 Å². The summed E-state index contributed by atoms with van der Waals surface area (Å²) in [5.41, 5.74) is 20.4. The minimum atomic E-state index is 0. The molecule has 10 aromatic carbocycles. The Morgan fingerprint density at radius 1 is 0.236 bits per heavy atom. The van der Waals surface area contributed by atoms with Crippen molar-refractivity contribution in [2.24, 2.45) is 0 Å². The summed E-state index contributed by atoms with van der Waals surface area (Å²) >= 11 is 0. The van der Waals surface area contributed by atoms with Gasteiger partial charge in [-0.3, -0.25) is 4.98 Å². The van der Waals surface area contributed by atoms with Crippen LogP contribution in [0.1, 0.15) is 0 Å². The van der Waals surface area contributed by atoms with Crippen LogP contribution in [-0.4, -0.2) is 84.9 Å². The van der Waals surface area contributed by atoms with Gasteiger partial charge in [-0.2, -0.15) is 0 Å². The molecule has 19 rings (SSSR count). The van der Waals surface area contributed by atoms with Crippen LogP contribution in [-0.2, 0) is 80.4 Å². The SMILES string of the molecule is [Ir].[Ir].[Ir].[Ir].[c-]1ccc(-n2cc(-c3ccccc3)nn2)cc1-c1cc2ccccc2cn1.[c-]1ccc(-n2cc(-c3ccccc3)nn2)cc1-c1ccccn1.[c-]1ccc(-n2cc(-c3ccccc3)nn2)cc1-c1nccc2ccccc12.[c-]1ccc(-n2cc(-c3cncc(-c4ccccc4)c3)nn2)cc1-c1ccccn1. The van der Waals surface area contributed by atoms with E-state index in [-0.39, 0.29) is 80.4 Å². The Bertz CT molecular complexity index is 6020. The molecule has 0 spiro atoms. The van der Waals surface area contributed by atoms with Crippen molar-refractivity contribution in [1.29, 1.82) is 0 Å². The van der Waals surface area contributed by atoms with Gasteiger partial charge in [-0.25, -0.2) is 18.7 Å². The van der Waals surface area contributed by atoms with Gasteiger partial charge in [0.1, 0.15) is 22.8 Å². The zero-order valence-corrected chi connectivity index (χ0v) is 67.6. The van der Waals surface area contributed by atoms with Crippen molar-refractivity contribution in [3.8, 4) is 124 Å². The van der Waals surface area contributed by atoms with E-state index in [0.717, 1.165) is 145 Å². The predicted octanol–water partition coefficient (Wildman–Crippen LogP) is 18.5. The Morgan fingerprint density at radius 2 is 0.609 bits per heavy atom. The van der Waals surface area contributed by atoms with Crippen LogP contribution >= 0.6 is 0 Å². The number of rotatable bonds is 13. The second kappa shape index (κ2) is 37.4. The molecule has 0 saturated carbocycles. The number of fused-ring (bicyclic) bond motifs is 2. The van der Waals surface area contributed by atoms with Crippen molar-refractivity contribution in [1.82, 2.24) is 84.9 Å². The van der Waals surface area contributed by atoms with Gasteiger partial charge in [0.2, 0.25) is 0 Å². The fraction of sp³-hybridized carbons (Fsp3) is 0. The quantitative estimate of drug-likeness (QED) is 0.0993. The average molecular weight is 2140 g/mol. The van der Waals surface area contributed by atoms with Gasteiger partial charge in [0.15, 0.2) is 0 Å². The van der Waals surface area contributed by atoms with Gasteiger partial charge in [0, 0.05) is 145 Å². The first-order chi connectivity index (χ1) is 52.5. The van der Waals surface area contributed by atoms with Crippen molar-refractivity contribution in [3.05, 3.63) is 383 Å². The average Bonchev–Trinajstić information content (AvgIpc) is 1.10. The van der Waals surface area contributed by atoms with Crippen LogP contribution in [0.3, 0.4) is 0 Å². The van der Waals surface area contributed by atoms with Crippen LogP contribution < -0.4 is 0 Å². The van der Waals surface area contributed by atoms with Gasteiger partial charge in [-0.15, -0.1) is 140 Å². The summed E-state index contributed by atoms with van der Waals surface area (Å²) in [4.78, 5) is 22.3. The van der Waals surface area contributed by atoms with Crippen LogP contribution in [0.25, 0.3) is 145 Å². The number of pyridine rings is 5. The largest absolute Gasteiger partial charge is 0.305 e. The molecule has 540 valence electrons. The summed E-state index contributed by atoms with van der Waals surface area (Å²) in [6.07, 6.45) is 18.6. The van der Waals surface area contributed by atoms with Gasteiger partial charge in [-0.1, -0.05) is 221 Å². The maximum absolute atomic E-state index is 4.59. The second-order valence-electron chi connectivity index (χ2n) is 24.2. The summed E-state index contributed by atoms with van der Waals surface area (Å²) in [5.74, 6) is 0. The zero-order valence-electron chi connectivity index (χ0n) is 58.0. The van der Waals surface area contributed by atoms with E-state index in [0.29, 0.717) is 0 Å². The molecule has 0 unspecified atom stereocenters. The Kier molecular flexibility index (Phi) is 26.3. The second-order valence-corrected chi connectivity index (χ2v) is 24.2. The van der Waals surface area contributed by atoms with Crippen molar-refractivity contribution in [3.63, 3.8) is 0 Å². The summed E-state index contributed by atoms with van der Waals surface area (Å²) < 4.78 is 7.08. The molecule has 9 aromatic heterocycles. The number of nitrogens with zero attached hydrogens (tertiary/aromatic N) is 17. The fourth-order valence-electron chi connectivity index (χ4n) is 11.9. The first-order valence-electron chi connectivity index (χ1n) is 34.0. The van der Waals surface area contributed by atoms with Crippen molar-refractivity contribution in [2.75, 3.05) is 0 Å². The Hall–Kier alpha value is -12.4. The molecule has 0 bridgehead atoms. The molecular formula is C89H59Ir4N17-4. The summed E-state index contributed by atoms with van der Waals surface area (Å²) in [5, 5.41) is 38.9. The molecule has 110 heavy (non-hydrogen) atoms. The van der Waals surface area contributed by atoms with Gasteiger partial charge >= 0.3 is 0 Å². The Balaban J connectivity index is 0.000000135. The van der Waals surface area contributed by atoms with E-state index >= 15 is 0 Å². The molecule has 0 aliphatic carbocycles. The molecule has 9 heterocycles. The molecule has 19 aromatic rings. The van der Waals surface area contributed by atoms with Gasteiger partial charge in [0.05, 0.1) is 24.8 Å². The van der Waals surface area contributed by atoms with Gasteiger partial charge in [0.25, 0.3) is 0 Å². The summed E-state index contributed by atoms with van der Waals surface area (Å²) in [6, 6.07) is 111. The molecule has 0 fully saturated rings. The van der Waals surface area contributed by atoms with E-state index in [1.54, 1.807) is 37.3 Å². The van der Waals surface area contributed by atoms with Crippen LogP contribution in [0.5, 0.6) is 0 Å². The molecule has 0 saturated heterocycles. The van der Waals surface area contributed by atoms with E-state index in [4.69, 9.17) is 0 Å². The molecule has 21 heteroatoms. The van der Waals surface area contributed by atoms with Crippen LogP contribution in [0.2, 0.25) is 0 Å². The zero-order chi connectivity index (χ0) is 71.1. The normalized spacial score (nSPS) is 10.4. The minimum absolute atomic E-state index is 0. The third-order valence-electron chi connectivity index (χ3n) is 17.2. The standard InChI is InChI=1S/C24H16N5.2C23H15N4.C19H13N4.4Ir/c1-2-7-18(8-3-1)20-13-21(16-25-15-20)24-17-29(28-27-24)22-10-6-9-19(14-22)23-11-4-5-12-26-23;1-2-8-18(9-3-1)22-16-27(26-25-22)20-11-6-10-19(15-20)23-21-12-5-4-7-17(21)13-14-24-23;1-2-7-17(8-3-1)23-16-27(26-25-23)21-12-6-11-19(13-21)22-14-18-9-4-5-10-20(18)15-24-22;1-2-7-15(8-3-1)19-14-23(22-21-19)17-10-6-9-16(13-17)18-11-4-5-12-20-18;;;;/h1-8,10-17H;1-9,11-16H;1-10,12-16H;1-8,10-14H;;;;/q4*-1;;;;. The molecule has 0 aliphatic heterocycles. The van der Waals surface area contributed by atoms with Gasteiger partial charge < -0.3 is 19.9 Å². The number of benzene rings is 10. The maximum Gasteiger partial charge on any atom is 0.115 e. The van der Waals surface area contributed by atoms with E-state index < -0.39 is 0 Å². The smallest absolute Gasteiger partial charge is 0.115 e. The molecule has 0 N–H and O–H groups in total. The fourth-order valence-corrected chi connectivity index (χ4v) is 11.9. The number of hydrogen-bond donors (Lipinski definition) is 0. The monoisotopic (exact) mass is 2140 g/mol. The summed E-state index contributed by atoms with van der Waals surface area (Å²) in [6.45, 7) is 0. The first kappa shape index (κ1) is 77.2.